The third kappa shape index (κ3) is 3.93. The zero-order valence-corrected chi connectivity index (χ0v) is 16.9. The van der Waals surface area contributed by atoms with E-state index in [4.69, 9.17) is 16.1 Å². The zero-order valence-electron chi connectivity index (χ0n) is 15.3. The molecule has 4 aromatic rings. The Morgan fingerprint density at radius 2 is 1.89 bits per heavy atom. The molecule has 28 heavy (non-hydrogen) atoms. The topological polar surface area (TPSA) is 82.5 Å². The molecule has 2 heterocycles. The average Bonchev–Trinajstić information content (AvgIpc) is 3.36. The molecule has 0 aliphatic rings. The molecule has 0 radical (unpaired) electrons. The van der Waals surface area contributed by atoms with Gasteiger partial charge in [-0.05, 0) is 46.2 Å². The first-order valence-corrected chi connectivity index (χ1v) is 10.1. The first-order valence-electron chi connectivity index (χ1n) is 8.71. The van der Waals surface area contributed by atoms with Gasteiger partial charge in [0.2, 0.25) is 16.9 Å². The molecule has 2 aromatic heterocycles. The average molecular weight is 413 g/mol. The lowest BCUT2D eigenvalue weighted by molar-refractivity contribution is 0.391. The highest BCUT2D eigenvalue weighted by Gasteiger charge is 2.14. The number of tetrazole rings is 1. The van der Waals surface area contributed by atoms with Crippen molar-refractivity contribution in [2.75, 3.05) is 0 Å². The molecule has 0 saturated heterocycles. The van der Waals surface area contributed by atoms with Gasteiger partial charge in [-0.3, -0.25) is 0 Å². The van der Waals surface area contributed by atoms with Crippen molar-refractivity contribution in [3.05, 3.63) is 65.0 Å². The van der Waals surface area contributed by atoms with Crippen LogP contribution in [0.5, 0.6) is 0 Å². The first kappa shape index (κ1) is 18.6. The summed E-state index contributed by atoms with van der Waals surface area (Å²) in [5, 5.41) is 17.2. The molecule has 0 fully saturated rings. The van der Waals surface area contributed by atoms with Crippen molar-refractivity contribution in [1.29, 1.82) is 0 Å². The van der Waals surface area contributed by atoms with Gasteiger partial charge in [0.15, 0.2) is 0 Å². The van der Waals surface area contributed by atoms with Gasteiger partial charge < -0.3 is 4.52 Å². The van der Waals surface area contributed by atoms with Crippen LogP contribution in [-0.4, -0.2) is 30.3 Å². The van der Waals surface area contributed by atoms with E-state index in [1.807, 2.05) is 30.3 Å². The molecular formula is C19H17ClN6OS. The number of hydrogen-bond donors (Lipinski definition) is 0. The van der Waals surface area contributed by atoms with E-state index < -0.39 is 0 Å². The Morgan fingerprint density at radius 1 is 1.11 bits per heavy atom. The van der Waals surface area contributed by atoms with Crippen LogP contribution < -0.4 is 0 Å². The fraction of sp³-hybridized carbons (Fsp3) is 0.211. The summed E-state index contributed by atoms with van der Waals surface area (Å²) in [7, 11) is 0. The normalized spacial score (nSPS) is 11.3. The van der Waals surface area contributed by atoms with Crippen molar-refractivity contribution in [3.63, 3.8) is 0 Å². The summed E-state index contributed by atoms with van der Waals surface area (Å²) in [6, 6.07) is 15.6. The van der Waals surface area contributed by atoms with Crippen LogP contribution in [0, 0.1) is 0 Å². The lowest BCUT2D eigenvalue weighted by atomic mass is 10.0. The molecule has 0 aliphatic heterocycles. The Labute approximate surface area is 171 Å². The second kappa shape index (κ2) is 8.12. The second-order valence-electron chi connectivity index (χ2n) is 6.40. The largest absolute Gasteiger partial charge is 0.338 e. The summed E-state index contributed by atoms with van der Waals surface area (Å²) in [5.41, 5.74) is 2.91. The maximum atomic E-state index is 6.19. The van der Waals surface area contributed by atoms with Crippen molar-refractivity contribution in [2.45, 2.75) is 30.7 Å². The number of thioether (sulfide) groups is 1. The van der Waals surface area contributed by atoms with Gasteiger partial charge in [-0.25, -0.2) is 0 Å². The van der Waals surface area contributed by atoms with Gasteiger partial charge in [-0.15, -0.1) is 5.10 Å². The van der Waals surface area contributed by atoms with Crippen LogP contribution in [0.2, 0.25) is 5.02 Å². The summed E-state index contributed by atoms with van der Waals surface area (Å²) in [6.45, 7) is 4.32. The van der Waals surface area contributed by atoms with Gasteiger partial charge >= 0.3 is 0 Å². The van der Waals surface area contributed by atoms with Crippen molar-refractivity contribution in [1.82, 2.24) is 30.3 Å². The van der Waals surface area contributed by atoms with Gasteiger partial charge in [-0.2, -0.15) is 9.67 Å². The lowest BCUT2D eigenvalue weighted by Crippen LogP contribution is -2.00. The molecule has 9 heteroatoms. The number of hydrogen-bond acceptors (Lipinski definition) is 7. The van der Waals surface area contributed by atoms with E-state index in [0.29, 0.717) is 33.6 Å². The van der Waals surface area contributed by atoms with E-state index in [0.717, 1.165) is 11.3 Å². The Bertz CT molecular complexity index is 1080. The fourth-order valence-electron chi connectivity index (χ4n) is 2.62. The number of rotatable bonds is 6. The van der Waals surface area contributed by atoms with E-state index in [2.05, 4.69) is 51.6 Å². The van der Waals surface area contributed by atoms with Crippen LogP contribution in [-0.2, 0) is 5.75 Å². The Balaban J connectivity index is 1.48. The molecule has 142 valence electrons. The van der Waals surface area contributed by atoms with E-state index >= 15 is 0 Å². The number of halogens is 1. The summed E-state index contributed by atoms with van der Waals surface area (Å²) < 4.78 is 7.04. The van der Waals surface area contributed by atoms with E-state index in [-0.39, 0.29) is 0 Å². The Kier molecular flexibility index (Phi) is 5.40. The second-order valence-corrected chi connectivity index (χ2v) is 7.75. The third-order valence-electron chi connectivity index (χ3n) is 4.15. The van der Waals surface area contributed by atoms with Gasteiger partial charge in [0.05, 0.1) is 16.5 Å². The highest BCUT2D eigenvalue weighted by Crippen LogP contribution is 2.27. The molecule has 0 saturated carbocycles. The lowest BCUT2D eigenvalue weighted by Gasteiger charge is -2.07. The maximum absolute atomic E-state index is 6.19. The van der Waals surface area contributed by atoms with E-state index in [1.165, 1.54) is 17.3 Å². The molecule has 4 rings (SSSR count). The van der Waals surface area contributed by atoms with Crippen LogP contribution in [0.4, 0.5) is 0 Å². The van der Waals surface area contributed by atoms with Crippen molar-refractivity contribution < 1.29 is 4.52 Å². The fourth-order valence-corrected chi connectivity index (χ4v) is 3.57. The molecule has 0 unspecified atom stereocenters. The highest BCUT2D eigenvalue weighted by atomic mass is 35.5. The van der Waals surface area contributed by atoms with E-state index in [1.54, 1.807) is 10.7 Å². The minimum absolute atomic E-state index is 0.446. The summed E-state index contributed by atoms with van der Waals surface area (Å²) in [4.78, 5) is 4.41. The predicted molar refractivity (Wildman–Crippen MR) is 108 cm³/mol. The minimum Gasteiger partial charge on any atom is -0.338 e. The molecule has 0 aliphatic carbocycles. The third-order valence-corrected chi connectivity index (χ3v) is 5.39. The van der Waals surface area contributed by atoms with Crippen molar-refractivity contribution >= 4 is 23.4 Å². The molecule has 0 N–H and O–H groups in total. The highest BCUT2D eigenvalue weighted by molar-refractivity contribution is 7.98. The minimum atomic E-state index is 0.446. The molecule has 0 spiro atoms. The zero-order chi connectivity index (χ0) is 19.5. The van der Waals surface area contributed by atoms with Crippen LogP contribution in [0.1, 0.15) is 31.2 Å². The van der Waals surface area contributed by atoms with Crippen molar-refractivity contribution in [3.8, 4) is 17.1 Å². The molecule has 0 atom stereocenters. The van der Waals surface area contributed by atoms with Crippen molar-refractivity contribution in [2.24, 2.45) is 0 Å². The maximum Gasteiger partial charge on any atom is 0.237 e. The van der Waals surface area contributed by atoms with Gasteiger partial charge in [0.25, 0.3) is 0 Å². The Morgan fingerprint density at radius 3 is 2.64 bits per heavy atom. The Hall–Kier alpha value is -2.71. The monoisotopic (exact) mass is 412 g/mol. The van der Waals surface area contributed by atoms with Crippen LogP contribution in [0.25, 0.3) is 17.1 Å². The smallest absolute Gasteiger partial charge is 0.237 e. The van der Waals surface area contributed by atoms with Crippen LogP contribution in [0.15, 0.2) is 58.2 Å². The van der Waals surface area contributed by atoms with E-state index in [9.17, 15) is 0 Å². The summed E-state index contributed by atoms with van der Waals surface area (Å²) in [5.74, 6) is 1.86. The number of benzene rings is 2. The summed E-state index contributed by atoms with van der Waals surface area (Å²) in [6.07, 6.45) is 0. The van der Waals surface area contributed by atoms with Gasteiger partial charge in [-0.1, -0.05) is 66.6 Å². The molecule has 2 aromatic carbocycles. The van der Waals surface area contributed by atoms with Crippen LogP contribution in [0.3, 0.4) is 0 Å². The van der Waals surface area contributed by atoms with Crippen LogP contribution >= 0.6 is 23.4 Å². The molecule has 0 amide bonds. The SMILES string of the molecule is CC(C)c1ccc(-n2nnnc2SCc2nc(-c3ccccc3Cl)no2)cc1. The molecule has 7 nitrogen and oxygen atoms in total. The van der Waals surface area contributed by atoms with Gasteiger partial charge in [0.1, 0.15) is 0 Å². The number of nitrogens with zero attached hydrogens (tertiary/aromatic N) is 6. The quantitative estimate of drug-likeness (QED) is 0.421. The summed E-state index contributed by atoms with van der Waals surface area (Å²) >= 11 is 7.61. The first-order chi connectivity index (χ1) is 13.6. The number of aromatic nitrogens is 6. The molecular weight excluding hydrogens is 396 g/mol. The molecule has 0 bridgehead atoms. The van der Waals surface area contributed by atoms with Gasteiger partial charge in [0, 0.05) is 5.56 Å². The predicted octanol–water partition coefficient (Wildman–Crippen LogP) is 4.78. The standard InChI is InChI=1S/C19H17ClN6OS/c1-12(2)13-7-9-14(10-8-13)26-19(22-24-25-26)28-11-17-21-18(23-27-17)15-5-3-4-6-16(15)20/h3-10,12H,11H2,1-2H3.